The van der Waals surface area contributed by atoms with Gasteiger partial charge in [0.1, 0.15) is 0 Å². The number of aryl methyl sites for hydroxylation is 1. The topological polar surface area (TPSA) is 57.6 Å². The highest BCUT2D eigenvalue weighted by Gasteiger charge is 2.33. The number of thioether (sulfide) groups is 1. The number of carbonyl (C=O) groups excluding carboxylic acids is 1. The number of anilines is 1. The van der Waals surface area contributed by atoms with E-state index < -0.39 is 5.97 Å². The summed E-state index contributed by atoms with van der Waals surface area (Å²) in [5.74, 6) is -1.29. The molecule has 0 spiro atoms. The Labute approximate surface area is 148 Å². The van der Waals surface area contributed by atoms with Gasteiger partial charge in [0.2, 0.25) is 0 Å². The van der Waals surface area contributed by atoms with E-state index >= 15 is 0 Å². The molecule has 0 radical (unpaired) electrons. The van der Waals surface area contributed by atoms with E-state index in [9.17, 15) is 9.59 Å². The van der Waals surface area contributed by atoms with Gasteiger partial charge in [-0.25, -0.2) is 4.79 Å². The van der Waals surface area contributed by atoms with Gasteiger partial charge in [0.25, 0.3) is 5.91 Å². The number of carboxylic acids is 1. The Balaban J connectivity index is 1.95. The van der Waals surface area contributed by atoms with Crippen LogP contribution in [0.2, 0.25) is 0 Å². The Morgan fingerprint density at radius 1 is 1.21 bits per heavy atom. The molecule has 1 aliphatic rings. The van der Waals surface area contributed by atoms with E-state index in [-0.39, 0.29) is 11.5 Å². The summed E-state index contributed by atoms with van der Waals surface area (Å²) in [6, 6.07) is 14.0. The monoisotopic (exact) mass is 355 g/mol. The molecule has 0 atom stereocenters. The molecule has 24 heavy (non-hydrogen) atoms. The Kier molecular flexibility index (Phi) is 4.51. The van der Waals surface area contributed by atoms with Gasteiger partial charge in [-0.05, 0) is 36.8 Å². The molecule has 1 saturated heterocycles. The Bertz CT molecular complexity index is 889. The molecular weight excluding hydrogens is 342 g/mol. The smallest absolute Gasteiger partial charge is 0.335 e. The van der Waals surface area contributed by atoms with Crippen molar-refractivity contribution < 1.29 is 14.7 Å². The number of hydrogen-bond acceptors (Lipinski definition) is 4. The van der Waals surface area contributed by atoms with E-state index in [4.69, 9.17) is 17.3 Å². The lowest BCUT2D eigenvalue weighted by Crippen LogP contribution is -2.27. The molecule has 120 valence electrons. The van der Waals surface area contributed by atoms with E-state index in [1.54, 1.807) is 18.2 Å². The van der Waals surface area contributed by atoms with Crippen LogP contribution in [0.3, 0.4) is 0 Å². The predicted octanol–water partition coefficient (Wildman–Crippen LogP) is 4.10. The van der Waals surface area contributed by atoms with Crippen molar-refractivity contribution in [2.45, 2.75) is 6.92 Å². The second-order valence-electron chi connectivity index (χ2n) is 5.29. The summed E-state index contributed by atoms with van der Waals surface area (Å²) in [6.07, 6.45) is 1.80. The molecule has 3 rings (SSSR count). The Hall–Kier alpha value is -2.44. The maximum absolute atomic E-state index is 12.7. The number of thiocarbonyl (C=S) groups is 1. The third-order valence-corrected chi connectivity index (χ3v) is 4.79. The molecule has 2 aromatic rings. The molecular formula is C18H13NO3S2. The number of carbonyl (C=O) groups is 2. The molecule has 4 nitrogen and oxygen atoms in total. The first kappa shape index (κ1) is 16.4. The molecule has 2 aromatic carbocycles. The van der Waals surface area contributed by atoms with Crippen molar-refractivity contribution in [2.75, 3.05) is 4.90 Å². The van der Waals surface area contributed by atoms with Crippen molar-refractivity contribution in [2.24, 2.45) is 0 Å². The van der Waals surface area contributed by atoms with Crippen molar-refractivity contribution >= 4 is 51.9 Å². The van der Waals surface area contributed by atoms with Gasteiger partial charge in [0, 0.05) is 0 Å². The van der Waals surface area contributed by atoms with Gasteiger partial charge in [0.15, 0.2) is 4.32 Å². The average molecular weight is 355 g/mol. The van der Waals surface area contributed by atoms with Crippen molar-refractivity contribution in [1.29, 1.82) is 0 Å². The van der Waals surface area contributed by atoms with E-state index in [1.165, 1.54) is 28.8 Å². The van der Waals surface area contributed by atoms with Crippen LogP contribution in [0.25, 0.3) is 6.08 Å². The minimum absolute atomic E-state index is 0.115. The highest BCUT2D eigenvalue weighted by Crippen LogP contribution is 2.36. The number of nitrogens with zero attached hydrogens (tertiary/aromatic N) is 1. The average Bonchev–Trinajstić information content (AvgIpc) is 2.81. The van der Waals surface area contributed by atoms with Crippen LogP contribution in [0.5, 0.6) is 0 Å². The number of carboxylic acid groups (broad SMARTS) is 1. The zero-order valence-electron chi connectivity index (χ0n) is 12.7. The molecule has 1 fully saturated rings. The molecule has 0 aliphatic carbocycles. The van der Waals surface area contributed by atoms with Gasteiger partial charge in [-0.2, -0.15) is 0 Å². The fourth-order valence-corrected chi connectivity index (χ4v) is 3.68. The minimum Gasteiger partial charge on any atom is -0.478 e. The van der Waals surface area contributed by atoms with E-state index in [0.29, 0.717) is 14.9 Å². The van der Waals surface area contributed by atoms with Crippen molar-refractivity contribution in [3.63, 3.8) is 0 Å². The van der Waals surface area contributed by atoms with Crippen LogP contribution in [-0.4, -0.2) is 21.3 Å². The van der Waals surface area contributed by atoms with Crippen molar-refractivity contribution in [3.05, 3.63) is 70.1 Å². The van der Waals surface area contributed by atoms with Gasteiger partial charge in [-0.3, -0.25) is 9.69 Å². The second-order valence-corrected chi connectivity index (χ2v) is 6.96. The normalized spacial score (nSPS) is 16.0. The van der Waals surface area contributed by atoms with Crippen LogP contribution in [0.15, 0.2) is 53.4 Å². The van der Waals surface area contributed by atoms with Crippen LogP contribution < -0.4 is 4.90 Å². The first-order chi connectivity index (χ1) is 11.5. The lowest BCUT2D eigenvalue weighted by Gasteiger charge is -2.14. The number of amides is 1. The number of benzene rings is 2. The molecule has 1 heterocycles. The minimum atomic E-state index is -1.04. The van der Waals surface area contributed by atoms with Gasteiger partial charge < -0.3 is 5.11 Å². The molecule has 1 N–H and O–H groups in total. The molecule has 0 unspecified atom stereocenters. The Morgan fingerprint density at radius 3 is 2.67 bits per heavy atom. The zero-order chi connectivity index (χ0) is 17.3. The molecule has 0 aromatic heterocycles. The molecule has 0 saturated carbocycles. The third kappa shape index (κ3) is 3.25. The summed E-state index contributed by atoms with van der Waals surface area (Å²) < 4.78 is 0.390. The third-order valence-electron chi connectivity index (χ3n) is 3.48. The summed E-state index contributed by atoms with van der Waals surface area (Å²) in [6.45, 7) is 1.99. The summed E-state index contributed by atoms with van der Waals surface area (Å²) in [5, 5.41) is 9.10. The summed E-state index contributed by atoms with van der Waals surface area (Å²) in [4.78, 5) is 25.7. The summed E-state index contributed by atoms with van der Waals surface area (Å²) in [7, 11) is 0. The van der Waals surface area contributed by atoms with Gasteiger partial charge in [-0.15, -0.1) is 0 Å². The van der Waals surface area contributed by atoms with Gasteiger partial charge in [0.05, 0.1) is 16.2 Å². The second kappa shape index (κ2) is 6.59. The standard InChI is InChI=1S/C18H13NO3S2/c1-11-4-2-5-12(8-11)9-15-16(20)19(18(23)24-15)14-7-3-6-13(10-14)17(21)22/h2-10H,1H3,(H,21,22)/b15-9-. The van der Waals surface area contributed by atoms with E-state index in [2.05, 4.69) is 0 Å². The van der Waals surface area contributed by atoms with Crippen LogP contribution in [0.1, 0.15) is 21.5 Å². The Morgan fingerprint density at radius 2 is 1.96 bits per heavy atom. The van der Waals surface area contributed by atoms with Crippen LogP contribution >= 0.6 is 24.0 Å². The zero-order valence-corrected chi connectivity index (χ0v) is 14.4. The van der Waals surface area contributed by atoms with Gasteiger partial charge >= 0.3 is 5.97 Å². The van der Waals surface area contributed by atoms with Crippen molar-refractivity contribution in [1.82, 2.24) is 0 Å². The predicted molar refractivity (Wildman–Crippen MR) is 100 cm³/mol. The quantitative estimate of drug-likeness (QED) is 0.663. The number of hydrogen-bond donors (Lipinski definition) is 1. The maximum atomic E-state index is 12.7. The SMILES string of the molecule is Cc1cccc(/C=C2\SC(=S)N(c3cccc(C(=O)O)c3)C2=O)c1. The largest absolute Gasteiger partial charge is 0.478 e. The highest BCUT2D eigenvalue weighted by molar-refractivity contribution is 8.27. The van der Waals surface area contributed by atoms with Crippen LogP contribution in [0.4, 0.5) is 5.69 Å². The fraction of sp³-hybridized carbons (Fsp3) is 0.0556. The van der Waals surface area contributed by atoms with Gasteiger partial charge in [-0.1, -0.05) is 59.9 Å². The molecule has 1 amide bonds. The molecule has 1 aliphatic heterocycles. The molecule has 6 heteroatoms. The fourth-order valence-electron chi connectivity index (χ4n) is 2.38. The lowest BCUT2D eigenvalue weighted by molar-refractivity contribution is -0.113. The number of aromatic carboxylic acids is 1. The van der Waals surface area contributed by atoms with Crippen LogP contribution in [0, 0.1) is 6.92 Å². The summed E-state index contributed by atoms with van der Waals surface area (Å²) in [5.41, 5.74) is 2.61. The first-order valence-corrected chi connectivity index (χ1v) is 8.36. The lowest BCUT2D eigenvalue weighted by atomic mass is 10.1. The molecule has 0 bridgehead atoms. The first-order valence-electron chi connectivity index (χ1n) is 7.14. The number of rotatable bonds is 3. The summed E-state index contributed by atoms with van der Waals surface area (Å²) >= 11 is 6.52. The maximum Gasteiger partial charge on any atom is 0.335 e. The van der Waals surface area contributed by atoms with Crippen molar-refractivity contribution in [3.8, 4) is 0 Å². The highest BCUT2D eigenvalue weighted by atomic mass is 32.2. The van der Waals surface area contributed by atoms with Crippen LogP contribution in [-0.2, 0) is 4.79 Å². The van der Waals surface area contributed by atoms with E-state index in [0.717, 1.165) is 11.1 Å². The van der Waals surface area contributed by atoms with E-state index in [1.807, 2.05) is 31.2 Å².